The largest absolute Gasteiger partial charge is 0.490 e. The molecular weight excluding hydrogens is 334 g/mol. The number of carbonyl (C=O) groups is 1. The van der Waals surface area contributed by atoms with Crippen molar-refractivity contribution in [2.75, 3.05) is 13.1 Å². The molecule has 27 heavy (non-hydrogen) atoms. The van der Waals surface area contributed by atoms with Gasteiger partial charge in [-0.15, -0.1) is 0 Å². The average Bonchev–Trinajstić information content (AvgIpc) is 2.70. The van der Waals surface area contributed by atoms with Crippen molar-refractivity contribution in [1.82, 2.24) is 4.90 Å². The maximum absolute atomic E-state index is 13.2. The van der Waals surface area contributed by atoms with Gasteiger partial charge in [0, 0.05) is 25.9 Å². The molecule has 142 valence electrons. The van der Waals surface area contributed by atoms with Crippen LogP contribution in [0.25, 0.3) is 0 Å². The van der Waals surface area contributed by atoms with E-state index >= 15 is 0 Å². The Labute approximate surface area is 162 Å². The number of piperidine rings is 1. The van der Waals surface area contributed by atoms with Gasteiger partial charge in [0.2, 0.25) is 5.91 Å². The molecule has 2 aromatic rings. The van der Waals surface area contributed by atoms with Gasteiger partial charge in [-0.1, -0.05) is 36.4 Å². The molecule has 3 heteroatoms. The van der Waals surface area contributed by atoms with Crippen molar-refractivity contribution in [2.45, 2.75) is 58.0 Å². The third-order valence-corrected chi connectivity index (χ3v) is 6.06. The van der Waals surface area contributed by atoms with Gasteiger partial charge in [0.25, 0.3) is 0 Å². The quantitative estimate of drug-likeness (QED) is 0.784. The Hall–Kier alpha value is -2.29. The zero-order chi connectivity index (χ0) is 18.8. The van der Waals surface area contributed by atoms with E-state index in [0.717, 1.165) is 50.9 Å². The summed E-state index contributed by atoms with van der Waals surface area (Å²) in [6.07, 6.45) is 5.22. The fourth-order valence-electron chi connectivity index (χ4n) is 4.44. The number of hydrogen-bond acceptors (Lipinski definition) is 2. The number of ether oxygens (including phenoxy) is 1. The van der Waals surface area contributed by atoms with Crippen LogP contribution in [0.2, 0.25) is 0 Å². The van der Waals surface area contributed by atoms with Crippen LogP contribution < -0.4 is 4.74 Å². The van der Waals surface area contributed by atoms with Crippen LogP contribution in [0.1, 0.15) is 53.9 Å². The van der Waals surface area contributed by atoms with Gasteiger partial charge in [0.15, 0.2) is 0 Å². The number of rotatable bonds is 3. The van der Waals surface area contributed by atoms with Gasteiger partial charge in [0.05, 0.1) is 5.92 Å². The fourth-order valence-corrected chi connectivity index (χ4v) is 4.44. The van der Waals surface area contributed by atoms with Gasteiger partial charge in [0.1, 0.15) is 11.9 Å². The van der Waals surface area contributed by atoms with Crippen LogP contribution in [0.3, 0.4) is 0 Å². The summed E-state index contributed by atoms with van der Waals surface area (Å²) >= 11 is 0. The van der Waals surface area contributed by atoms with Crippen LogP contribution >= 0.6 is 0 Å². The number of benzene rings is 2. The zero-order valence-corrected chi connectivity index (χ0v) is 16.4. The van der Waals surface area contributed by atoms with E-state index in [9.17, 15) is 4.79 Å². The Balaban J connectivity index is 1.38. The molecule has 3 nitrogen and oxygen atoms in total. The first kappa shape index (κ1) is 18.1. The maximum Gasteiger partial charge on any atom is 0.230 e. The highest BCUT2D eigenvalue weighted by molar-refractivity contribution is 5.84. The number of likely N-dealkylation sites (tertiary alicyclic amines) is 1. The van der Waals surface area contributed by atoms with Gasteiger partial charge >= 0.3 is 0 Å². The van der Waals surface area contributed by atoms with Gasteiger partial charge < -0.3 is 9.64 Å². The molecule has 1 atom stereocenters. The Kier molecular flexibility index (Phi) is 5.20. The van der Waals surface area contributed by atoms with E-state index < -0.39 is 0 Å². The summed E-state index contributed by atoms with van der Waals surface area (Å²) in [7, 11) is 0. The van der Waals surface area contributed by atoms with Crippen LogP contribution in [0.15, 0.2) is 42.5 Å². The summed E-state index contributed by atoms with van der Waals surface area (Å²) in [6, 6.07) is 14.8. The van der Waals surface area contributed by atoms with E-state index in [0.29, 0.717) is 5.91 Å². The molecule has 0 N–H and O–H groups in total. The number of fused-ring (bicyclic) bond motifs is 1. The van der Waals surface area contributed by atoms with Crippen molar-refractivity contribution in [2.24, 2.45) is 0 Å². The predicted octanol–water partition coefficient (Wildman–Crippen LogP) is 4.79. The minimum Gasteiger partial charge on any atom is -0.490 e. The van der Waals surface area contributed by atoms with Crippen LogP contribution in [0.4, 0.5) is 0 Å². The lowest BCUT2D eigenvalue weighted by molar-refractivity contribution is -0.135. The lowest BCUT2D eigenvalue weighted by atomic mass is 9.82. The van der Waals surface area contributed by atoms with Gasteiger partial charge in [-0.05, 0) is 61.4 Å². The summed E-state index contributed by atoms with van der Waals surface area (Å²) in [6.45, 7) is 5.78. The second-order valence-corrected chi connectivity index (χ2v) is 8.06. The Morgan fingerprint density at radius 3 is 2.63 bits per heavy atom. The van der Waals surface area contributed by atoms with Crippen LogP contribution in [0, 0.1) is 13.8 Å². The van der Waals surface area contributed by atoms with Gasteiger partial charge in [-0.2, -0.15) is 0 Å². The summed E-state index contributed by atoms with van der Waals surface area (Å²) in [5.41, 5.74) is 5.01. The van der Waals surface area contributed by atoms with Gasteiger partial charge in [-0.25, -0.2) is 0 Å². The van der Waals surface area contributed by atoms with Crippen molar-refractivity contribution in [3.05, 3.63) is 64.7 Å². The second kappa shape index (κ2) is 7.75. The number of amides is 1. The van der Waals surface area contributed by atoms with E-state index in [1.165, 1.54) is 22.3 Å². The van der Waals surface area contributed by atoms with Crippen LogP contribution in [-0.2, 0) is 11.2 Å². The van der Waals surface area contributed by atoms with E-state index in [2.05, 4.69) is 61.2 Å². The molecule has 0 radical (unpaired) electrons. The molecule has 1 heterocycles. The minimum atomic E-state index is 0.0476. The fraction of sp³-hybridized carbons (Fsp3) is 0.458. The first-order chi connectivity index (χ1) is 13.1. The van der Waals surface area contributed by atoms with Crippen molar-refractivity contribution in [1.29, 1.82) is 0 Å². The number of nitrogens with zero attached hydrogens (tertiary/aromatic N) is 1. The Morgan fingerprint density at radius 1 is 1.04 bits per heavy atom. The third-order valence-electron chi connectivity index (χ3n) is 6.06. The van der Waals surface area contributed by atoms with E-state index in [1.54, 1.807) is 0 Å². The number of hydrogen-bond donors (Lipinski definition) is 0. The monoisotopic (exact) mass is 363 g/mol. The van der Waals surface area contributed by atoms with E-state index in [4.69, 9.17) is 4.74 Å². The lowest BCUT2D eigenvalue weighted by Gasteiger charge is -2.36. The molecule has 1 amide bonds. The molecule has 0 saturated carbocycles. The standard InChI is InChI=1S/C24H29NO2/c1-17-10-11-18(2)23(16-17)27-20-12-14-25(15-13-20)24(26)22-9-5-7-19-6-3-4-8-21(19)22/h3-4,6,8,10-11,16,20,22H,5,7,9,12-15H2,1-2H3/t22-/m1/s1. The van der Waals surface area contributed by atoms with Crippen LogP contribution in [-0.4, -0.2) is 30.0 Å². The highest BCUT2D eigenvalue weighted by atomic mass is 16.5. The average molecular weight is 364 g/mol. The predicted molar refractivity (Wildman–Crippen MR) is 108 cm³/mol. The minimum absolute atomic E-state index is 0.0476. The van der Waals surface area contributed by atoms with Crippen molar-refractivity contribution in [3.63, 3.8) is 0 Å². The smallest absolute Gasteiger partial charge is 0.230 e. The molecule has 2 aliphatic rings. The first-order valence-corrected chi connectivity index (χ1v) is 10.2. The summed E-state index contributed by atoms with van der Waals surface area (Å²) in [4.78, 5) is 15.2. The lowest BCUT2D eigenvalue weighted by Crippen LogP contribution is -2.44. The number of aryl methyl sites for hydroxylation is 3. The molecule has 4 rings (SSSR count). The third kappa shape index (κ3) is 3.87. The molecule has 1 aliphatic heterocycles. The van der Waals surface area contributed by atoms with Crippen molar-refractivity contribution < 1.29 is 9.53 Å². The highest BCUT2D eigenvalue weighted by Crippen LogP contribution is 2.34. The molecule has 0 unspecified atom stereocenters. The molecule has 0 bridgehead atoms. The maximum atomic E-state index is 13.2. The molecule has 0 spiro atoms. The number of carbonyl (C=O) groups excluding carboxylic acids is 1. The first-order valence-electron chi connectivity index (χ1n) is 10.2. The Bertz CT molecular complexity index is 821. The molecule has 2 aromatic carbocycles. The Morgan fingerprint density at radius 2 is 1.81 bits per heavy atom. The summed E-state index contributed by atoms with van der Waals surface area (Å²) in [5, 5.41) is 0. The normalized spacial score (nSPS) is 20.2. The molecule has 1 saturated heterocycles. The van der Waals surface area contributed by atoms with Gasteiger partial charge in [-0.3, -0.25) is 4.79 Å². The molecular formula is C24H29NO2. The van der Waals surface area contributed by atoms with E-state index in [-0.39, 0.29) is 12.0 Å². The summed E-state index contributed by atoms with van der Waals surface area (Å²) in [5.74, 6) is 1.35. The van der Waals surface area contributed by atoms with Crippen molar-refractivity contribution in [3.8, 4) is 5.75 Å². The SMILES string of the molecule is Cc1ccc(C)c(OC2CCN(C(=O)[C@@H]3CCCc4ccccc43)CC2)c1. The van der Waals surface area contributed by atoms with Crippen molar-refractivity contribution >= 4 is 5.91 Å². The summed E-state index contributed by atoms with van der Waals surface area (Å²) < 4.78 is 6.26. The second-order valence-electron chi connectivity index (χ2n) is 8.06. The topological polar surface area (TPSA) is 29.5 Å². The zero-order valence-electron chi connectivity index (χ0n) is 16.4. The molecule has 1 fully saturated rings. The molecule has 0 aromatic heterocycles. The molecule has 1 aliphatic carbocycles. The van der Waals surface area contributed by atoms with Crippen LogP contribution in [0.5, 0.6) is 5.75 Å². The van der Waals surface area contributed by atoms with E-state index in [1.807, 2.05) is 0 Å². The highest BCUT2D eigenvalue weighted by Gasteiger charge is 2.32.